The Morgan fingerprint density at radius 2 is 1.94 bits per heavy atom. The number of benzene rings is 1. The summed E-state index contributed by atoms with van der Waals surface area (Å²) in [6.07, 6.45) is 2.70. The van der Waals surface area contributed by atoms with Crippen LogP contribution < -0.4 is 0 Å². The number of amides is 2. The van der Waals surface area contributed by atoms with Gasteiger partial charge in [-0.15, -0.1) is 0 Å². The number of rotatable bonds is 5. The van der Waals surface area contributed by atoms with E-state index in [1.165, 1.54) is 23.8 Å². The highest BCUT2D eigenvalue weighted by Crippen LogP contribution is 2.42. The molecule has 8 nitrogen and oxygen atoms in total. The molecule has 0 N–H and O–H groups in total. The van der Waals surface area contributed by atoms with Gasteiger partial charge in [-0.1, -0.05) is 29.8 Å². The van der Waals surface area contributed by atoms with Gasteiger partial charge in [-0.2, -0.15) is 0 Å². The molecule has 1 aliphatic carbocycles. The van der Waals surface area contributed by atoms with Gasteiger partial charge in [0.25, 0.3) is 0 Å². The van der Waals surface area contributed by atoms with E-state index in [9.17, 15) is 19.2 Å². The second kappa shape index (κ2) is 9.68. The van der Waals surface area contributed by atoms with Crippen LogP contribution in [0.2, 0.25) is 5.02 Å². The third-order valence-electron chi connectivity index (χ3n) is 6.13. The SMILES string of the molecule is CC(=O)N1CCC[C@@H]1C(=O)OCOC(=O)N(C)[C@]1(c2ccccc2Cl)CCCCC1=O. The van der Waals surface area contributed by atoms with Gasteiger partial charge in [0.1, 0.15) is 11.6 Å². The minimum atomic E-state index is -1.23. The number of carbonyl (C=O) groups excluding carboxylic acids is 4. The normalized spacial score (nSPS) is 23.4. The van der Waals surface area contributed by atoms with Gasteiger partial charge in [-0.05, 0) is 38.2 Å². The fourth-order valence-corrected chi connectivity index (χ4v) is 4.80. The zero-order chi connectivity index (χ0) is 22.6. The Balaban J connectivity index is 1.68. The van der Waals surface area contributed by atoms with E-state index in [0.29, 0.717) is 42.8 Å². The van der Waals surface area contributed by atoms with E-state index >= 15 is 0 Å². The number of nitrogens with zero attached hydrogens (tertiary/aromatic N) is 2. The molecule has 0 spiro atoms. The van der Waals surface area contributed by atoms with Crippen LogP contribution in [-0.2, 0) is 29.4 Å². The molecule has 9 heteroatoms. The molecule has 1 aliphatic heterocycles. The van der Waals surface area contributed by atoms with Crippen molar-refractivity contribution in [1.29, 1.82) is 0 Å². The molecule has 1 saturated carbocycles. The molecule has 31 heavy (non-hydrogen) atoms. The fourth-order valence-electron chi connectivity index (χ4n) is 4.50. The molecule has 3 rings (SSSR count). The van der Waals surface area contributed by atoms with Crippen molar-refractivity contribution in [3.63, 3.8) is 0 Å². The van der Waals surface area contributed by atoms with E-state index < -0.39 is 30.4 Å². The average Bonchev–Trinajstić information content (AvgIpc) is 3.24. The number of hydrogen-bond acceptors (Lipinski definition) is 6. The zero-order valence-corrected chi connectivity index (χ0v) is 18.5. The Hall–Kier alpha value is -2.61. The number of ketones is 1. The molecule has 0 unspecified atom stereocenters. The quantitative estimate of drug-likeness (QED) is 0.505. The van der Waals surface area contributed by atoms with Crippen LogP contribution in [0.3, 0.4) is 0 Å². The smallest absolute Gasteiger partial charge is 0.413 e. The van der Waals surface area contributed by atoms with Crippen molar-refractivity contribution in [3.8, 4) is 0 Å². The monoisotopic (exact) mass is 450 g/mol. The standard InChI is InChI=1S/C22H27ClN2O6/c1-15(26)25-13-7-10-18(25)20(28)30-14-31-21(29)24(2)22(12-6-5-11-19(22)27)16-8-3-4-9-17(16)23/h3-4,8-9,18H,5-7,10-14H2,1-2H3/t18-,22+/m1/s1. The Morgan fingerprint density at radius 3 is 2.61 bits per heavy atom. The number of ether oxygens (including phenoxy) is 2. The van der Waals surface area contributed by atoms with Crippen molar-refractivity contribution < 1.29 is 28.7 Å². The van der Waals surface area contributed by atoms with E-state index in [1.807, 2.05) is 0 Å². The van der Waals surface area contributed by atoms with Crippen molar-refractivity contribution in [2.45, 2.75) is 57.0 Å². The van der Waals surface area contributed by atoms with Gasteiger partial charge < -0.3 is 14.4 Å². The molecule has 1 heterocycles. The topological polar surface area (TPSA) is 93.2 Å². The number of likely N-dealkylation sites (N-methyl/N-ethyl adjacent to an activating group) is 1. The Bertz CT molecular complexity index is 875. The summed E-state index contributed by atoms with van der Waals surface area (Å²) in [5.74, 6) is -0.919. The van der Waals surface area contributed by atoms with Gasteiger partial charge in [0, 0.05) is 37.5 Å². The molecule has 0 radical (unpaired) electrons. The summed E-state index contributed by atoms with van der Waals surface area (Å²) < 4.78 is 10.3. The number of esters is 1. The Morgan fingerprint density at radius 1 is 1.19 bits per heavy atom. The Kier molecular flexibility index (Phi) is 7.20. The zero-order valence-electron chi connectivity index (χ0n) is 17.8. The first-order valence-corrected chi connectivity index (χ1v) is 10.8. The number of carbonyl (C=O) groups is 4. The first kappa shape index (κ1) is 23.1. The van der Waals surface area contributed by atoms with Gasteiger partial charge in [-0.25, -0.2) is 9.59 Å². The van der Waals surface area contributed by atoms with E-state index in [2.05, 4.69) is 0 Å². The second-order valence-electron chi connectivity index (χ2n) is 7.89. The summed E-state index contributed by atoms with van der Waals surface area (Å²) in [6, 6.07) is 6.30. The fraction of sp³-hybridized carbons (Fsp3) is 0.545. The van der Waals surface area contributed by atoms with E-state index in [-0.39, 0.29) is 11.7 Å². The van der Waals surface area contributed by atoms with E-state index in [4.69, 9.17) is 21.1 Å². The van der Waals surface area contributed by atoms with Gasteiger partial charge in [-0.3, -0.25) is 14.5 Å². The first-order valence-electron chi connectivity index (χ1n) is 10.4. The third-order valence-corrected chi connectivity index (χ3v) is 6.46. The van der Waals surface area contributed by atoms with Crippen molar-refractivity contribution in [3.05, 3.63) is 34.9 Å². The summed E-state index contributed by atoms with van der Waals surface area (Å²) in [5, 5.41) is 0.398. The maximum atomic E-state index is 13.0. The van der Waals surface area contributed by atoms with Gasteiger partial charge >= 0.3 is 12.1 Å². The van der Waals surface area contributed by atoms with Crippen LogP contribution >= 0.6 is 11.6 Å². The largest absolute Gasteiger partial charge is 0.426 e. The summed E-state index contributed by atoms with van der Waals surface area (Å²) in [6.45, 7) is 1.30. The predicted octanol–water partition coefficient (Wildman–Crippen LogP) is 3.26. The third kappa shape index (κ3) is 4.54. The number of likely N-dealkylation sites (tertiary alicyclic amines) is 1. The highest BCUT2D eigenvalue weighted by atomic mass is 35.5. The maximum absolute atomic E-state index is 13.0. The van der Waals surface area contributed by atoms with Gasteiger partial charge in [0.05, 0.1) is 0 Å². The second-order valence-corrected chi connectivity index (χ2v) is 8.30. The van der Waals surface area contributed by atoms with Crippen molar-refractivity contribution in [2.75, 3.05) is 20.4 Å². The molecular formula is C22H27ClN2O6. The highest BCUT2D eigenvalue weighted by Gasteiger charge is 2.48. The predicted molar refractivity (Wildman–Crippen MR) is 112 cm³/mol. The highest BCUT2D eigenvalue weighted by molar-refractivity contribution is 6.31. The van der Waals surface area contributed by atoms with Crippen LogP contribution in [0.5, 0.6) is 0 Å². The Labute approximate surface area is 186 Å². The van der Waals surface area contributed by atoms with Crippen LogP contribution in [0.25, 0.3) is 0 Å². The molecule has 0 bridgehead atoms. The van der Waals surface area contributed by atoms with Crippen LogP contribution in [0.15, 0.2) is 24.3 Å². The van der Waals surface area contributed by atoms with E-state index in [1.54, 1.807) is 24.3 Å². The lowest BCUT2D eigenvalue weighted by Crippen LogP contribution is -2.54. The summed E-state index contributed by atoms with van der Waals surface area (Å²) in [4.78, 5) is 52.5. The van der Waals surface area contributed by atoms with Crippen molar-refractivity contribution >= 4 is 35.4 Å². The minimum Gasteiger partial charge on any atom is -0.426 e. The molecular weight excluding hydrogens is 424 g/mol. The molecule has 1 aromatic rings. The lowest BCUT2D eigenvalue weighted by Gasteiger charge is -2.43. The lowest BCUT2D eigenvalue weighted by atomic mass is 9.74. The summed E-state index contributed by atoms with van der Waals surface area (Å²) in [7, 11) is 1.49. The van der Waals surface area contributed by atoms with Crippen LogP contribution in [0.4, 0.5) is 4.79 Å². The summed E-state index contributed by atoms with van der Waals surface area (Å²) in [5.41, 5.74) is -0.671. The lowest BCUT2D eigenvalue weighted by molar-refractivity contribution is -0.161. The summed E-state index contributed by atoms with van der Waals surface area (Å²) >= 11 is 6.39. The molecule has 168 valence electrons. The maximum Gasteiger partial charge on any atom is 0.413 e. The first-order chi connectivity index (χ1) is 14.8. The van der Waals surface area contributed by atoms with Crippen LogP contribution in [0, 0.1) is 0 Å². The number of hydrogen-bond donors (Lipinski definition) is 0. The minimum absolute atomic E-state index is 0.105. The molecule has 2 atom stereocenters. The van der Waals surface area contributed by atoms with Crippen molar-refractivity contribution in [2.24, 2.45) is 0 Å². The van der Waals surface area contributed by atoms with E-state index in [0.717, 1.165) is 12.8 Å². The number of halogens is 1. The molecule has 2 fully saturated rings. The van der Waals surface area contributed by atoms with Crippen LogP contribution in [-0.4, -0.2) is 60.0 Å². The molecule has 0 aromatic heterocycles. The molecule has 2 aliphatic rings. The van der Waals surface area contributed by atoms with Gasteiger partial charge in [0.15, 0.2) is 5.78 Å². The molecule has 1 saturated heterocycles. The van der Waals surface area contributed by atoms with Crippen LogP contribution in [0.1, 0.15) is 51.0 Å². The van der Waals surface area contributed by atoms with Crippen molar-refractivity contribution in [1.82, 2.24) is 9.80 Å². The van der Waals surface area contributed by atoms with Gasteiger partial charge in [0.2, 0.25) is 12.7 Å². The number of Topliss-reactive ketones (excluding diaryl/α,β-unsaturated/α-hetero) is 1. The average molecular weight is 451 g/mol. The molecule has 2 amide bonds. The molecule has 1 aromatic carbocycles.